The van der Waals surface area contributed by atoms with Gasteiger partial charge in [-0.3, -0.25) is 4.79 Å². The van der Waals surface area contributed by atoms with Crippen LogP contribution >= 0.6 is 11.8 Å². The lowest BCUT2D eigenvalue weighted by Crippen LogP contribution is -2.20. The van der Waals surface area contributed by atoms with Crippen LogP contribution in [0, 0.1) is 0 Å². The van der Waals surface area contributed by atoms with E-state index in [1.807, 2.05) is 61.5 Å². The van der Waals surface area contributed by atoms with Gasteiger partial charge in [0.2, 0.25) is 11.1 Å². The fourth-order valence-electron chi connectivity index (χ4n) is 2.44. The van der Waals surface area contributed by atoms with Crippen molar-refractivity contribution in [1.82, 2.24) is 14.9 Å². The van der Waals surface area contributed by atoms with E-state index in [1.54, 1.807) is 0 Å². The van der Waals surface area contributed by atoms with Crippen LogP contribution in [0.25, 0.3) is 11.4 Å². The summed E-state index contributed by atoms with van der Waals surface area (Å²) in [4.78, 5) is 11.9. The van der Waals surface area contributed by atoms with E-state index < -0.39 is 11.2 Å². The van der Waals surface area contributed by atoms with Gasteiger partial charge in [0.05, 0.1) is 6.61 Å². The van der Waals surface area contributed by atoms with E-state index in [1.165, 1.54) is 16.4 Å². The first-order valence-corrected chi connectivity index (χ1v) is 8.92. The predicted octanol–water partition coefficient (Wildman–Crippen LogP) is 2.38. The standard InChI is InChI=1S/C18H19N5O2S/c1-2-25-14-10-8-13(9-11-14)17-21-22-18(23(17)20)26-15(16(19)24)12-6-4-3-5-7-12/h3-11,15H,2,20H2,1H3,(H2,19,24). The number of carbonyl (C=O) groups excluding carboxylic acids is 1. The van der Waals surface area contributed by atoms with Gasteiger partial charge in [-0.1, -0.05) is 42.1 Å². The molecule has 1 heterocycles. The molecule has 1 unspecified atom stereocenters. The van der Waals surface area contributed by atoms with Crippen LogP contribution in [0.15, 0.2) is 59.8 Å². The zero-order valence-electron chi connectivity index (χ0n) is 14.2. The summed E-state index contributed by atoms with van der Waals surface area (Å²) in [6.45, 7) is 2.52. The van der Waals surface area contributed by atoms with Gasteiger partial charge in [0, 0.05) is 5.56 Å². The number of benzene rings is 2. The van der Waals surface area contributed by atoms with Crippen molar-refractivity contribution >= 4 is 17.7 Å². The smallest absolute Gasteiger partial charge is 0.235 e. The number of hydrogen-bond donors (Lipinski definition) is 2. The number of rotatable bonds is 7. The molecule has 0 saturated carbocycles. The maximum atomic E-state index is 11.9. The second-order valence-electron chi connectivity index (χ2n) is 5.44. The Morgan fingerprint density at radius 1 is 1.15 bits per heavy atom. The van der Waals surface area contributed by atoms with E-state index in [9.17, 15) is 4.79 Å². The van der Waals surface area contributed by atoms with Gasteiger partial charge >= 0.3 is 0 Å². The van der Waals surface area contributed by atoms with Crippen molar-refractivity contribution in [3.8, 4) is 17.1 Å². The van der Waals surface area contributed by atoms with Crippen LogP contribution in [0.4, 0.5) is 0 Å². The SMILES string of the molecule is CCOc1ccc(-c2nnc(SC(C(N)=O)c3ccccc3)n2N)cc1. The van der Waals surface area contributed by atoms with Gasteiger partial charge in [0.25, 0.3) is 0 Å². The molecule has 8 heteroatoms. The van der Waals surface area contributed by atoms with Gasteiger partial charge in [0.1, 0.15) is 11.0 Å². The van der Waals surface area contributed by atoms with Gasteiger partial charge in [-0.2, -0.15) is 0 Å². The Kier molecular flexibility index (Phi) is 5.43. The van der Waals surface area contributed by atoms with Crippen LogP contribution in [0.3, 0.4) is 0 Å². The second kappa shape index (κ2) is 7.92. The maximum Gasteiger partial charge on any atom is 0.235 e. The van der Waals surface area contributed by atoms with E-state index in [0.717, 1.165) is 16.9 Å². The summed E-state index contributed by atoms with van der Waals surface area (Å²) in [6, 6.07) is 16.7. The third-order valence-electron chi connectivity index (χ3n) is 3.67. The topological polar surface area (TPSA) is 109 Å². The second-order valence-corrected chi connectivity index (χ2v) is 6.52. The van der Waals surface area contributed by atoms with Crippen molar-refractivity contribution in [1.29, 1.82) is 0 Å². The van der Waals surface area contributed by atoms with Crippen LogP contribution in [-0.4, -0.2) is 27.4 Å². The highest BCUT2D eigenvalue weighted by Gasteiger charge is 2.23. The first-order valence-electron chi connectivity index (χ1n) is 8.04. The summed E-state index contributed by atoms with van der Waals surface area (Å²) in [5.74, 6) is 6.94. The Labute approximate surface area is 155 Å². The van der Waals surface area contributed by atoms with Gasteiger partial charge in [-0.25, -0.2) is 4.68 Å². The van der Waals surface area contributed by atoms with Gasteiger partial charge in [-0.15, -0.1) is 10.2 Å². The van der Waals surface area contributed by atoms with Crippen LogP contribution < -0.4 is 16.3 Å². The first-order chi connectivity index (χ1) is 12.6. The summed E-state index contributed by atoms with van der Waals surface area (Å²) >= 11 is 1.17. The van der Waals surface area contributed by atoms with Crippen LogP contribution in [0.2, 0.25) is 0 Å². The quantitative estimate of drug-likeness (QED) is 0.489. The highest BCUT2D eigenvalue weighted by Crippen LogP contribution is 2.34. The maximum absolute atomic E-state index is 11.9. The Bertz CT molecular complexity index is 880. The van der Waals surface area contributed by atoms with E-state index >= 15 is 0 Å². The number of hydrogen-bond acceptors (Lipinski definition) is 6. The van der Waals surface area contributed by atoms with Gasteiger partial charge < -0.3 is 16.3 Å². The average molecular weight is 369 g/mol. The largest absolute Gasteiger partial charge is 0.494 e. The fraction of sp³-hybridized carbons (Fsp3) is 0.167. The summed E-state index contributed by atoms with van der Waals surface area (Å²) < 4.78 is 6.79. The Morgan fingerprint density at radius 3 is 2.46 bits per heavy atom. The molecule has 0 radical (unpaired) electrons. The number of aromatic nitrogens is 3. The third-order valence-corrected chi connectivity index (χ3v) is 4.90. The highest BCUT2D eigenvalue weighted by molar-refractivity contribution is 8.00. The molecule has 0 saturated heterocycles. The lowest BCUT2D eigenvalue weighted by molar-refractivity contribution is -0.117. The molecule has 3 aromatic rings. The Balaban J connectivity index is 1.85. The van der Waals surface area contributed by atoms with Crippen LogP contribution in [0.5, 0.6) is 5.75 Å². The zero-order valence-corrected chi connectivity index (χ0v) is 15.0. The van der Waals surface area contributed by atoms with Crippen LogP contribution in [0.1, 0.15) is 17.7 Å². The first kappa shape index (κ1) is 17.8. The number of amides is 1. The van der Waals surface area contributed by atoms with E-state index in [-0.39, 0.29) is 0 Å². The van der Waals surface area contributed by atoms with Crippen molar-refractivity contribution in [2.45, 2.75) is 17.3 Å². The normalized spacial score (nSPS) is 11.9. The average Bonchev–Trinajstić information content (AvgIpc) is 3.01. The summed E-state index contributed by atoms with van der Waals surface area (Å²) in [5, 5.41) is 8.06. The minimum Gasteiger partial charge on any atom is -0.494 e. The van der Waals surface area contributed by atoms with Gasteiger partial charge in [0.15, 0.2) is 5.82 Å². The zero-order chi connectivity index (χ0) is 18.5. The van der Waals surface area contributed by atoms with E-state index in [0.29, 0.717) is 17.6 Å². The molecule has 2 aromatic carbocycles. The van der Waals surface area contributed by atoms with E-state index in [4.69, 9.17) is 16.3 Å². The molecule has 7 nitrogen and oxygen atoms in total. The molecule has 26 heavy (non-hydrogen) atoms. The number of carbonyl (C=O) groups is 1. The van der Waals surface area contributed by atoms with Crippen molar-refractivity contribution in [3.63, 3.8) is 0 Å². The molecule has 1 atom stereocenters. The molecular formula is C18H19N5O2S. The number of nitrogen functional groups attached to an aromatic ring is 1. The van der Waals surface area contributed by atoms with Crippen molar-refractivity contribution < 1.29 is 9.53 Å². The molecule has 0 aliphatic rings. The number of primary amides is 1. The Morgan fingerprint density at radius 2 is 1.85 bits per heavy atom. The fourth-order valence-corrected chi connectivity index (χ4v) is 3.35. The molecule has 0 bridgehead atoms. The Hall–Kier alpha value is -3.00. The summed E-state index contributed by atoms with van der Waals surface area (Å²) in [6.07, 6.45) is 0. The molecule has 1 amide bonds. The lowest BCUT2D eigenvalue weighted by Gasteiger charge is -2.12. The molecule has 3 rings (SSSR count). The number of nitrogens with zero attached hydrogens (tertiary/aromatic N) is 3. The van der Waals surface area contributed by atoms with Crippen LogP contribution in [-0.2, 0) is 4.79 Å². The van der Waals surface area contributed by atoms with Crippen molar-refractivity contribution in [2.75, 3.05) is 12.4 Å². The highest BCUT2D eigenvalue weighted by atomic mass is 32.2. The molecule has 4 N–H and O–H groups in total. The minimum absolute atomic E-state index is 0.404. The number of ether oxygens (including phenoxy) is 1. The van der Waals surface area contributed by atoms with E-state index in [2.05, 4.69) is 10.2 Å². The molecule has 0 fully saturated rings. The molecule has 0 spiro atoms. The monoisotopic (exact) mass is 369 g/mol. The summed E-state index contributed by atoms with van der Waals surface area (Å²) in [5.41, 5.74) is 7.14. The molecule has 1 aromatic heterocycles. The molecule has 0 aliphatic heterocycles. The molecular weight excluding hydrogens is 350 g/mol. The number of thioether (sulfide) groups is 1. The van der Waals surface area contributed by atoms with Crippen molar-refractivity contribution in [2.24, 2.45) is 5.73 Å². The minimum atomic E-state index is -0.601. The predicted molar refractivity (Wildman–Crippen MR) is 101 cm³/mol. The van der Waals surface area contributed by atoms with Crippen molar-refractivity contribution in [3.05, 3.63) is 60.2 Å². The third kappa shape index (κ3) is 3.80. The lowest BCUT2D eigenvalue weighted by atomic mass is 10.1. The molecule has 0 aliphatic carbocycles. The number of nitrogens with two attached hydrogens (primary N) is 2. The van der Waals surface area contributed by atoms with Gasteiger partial charge in [-0.05, 0) is 36.8 Å². The summed E-state index contributed by atoms with van der Waals surface area (Å²) in [7, 11) is 0. The molecule has 134 valence electrons.